The van der Waals surface area contributed by atoms with Crippen molar-refractivity contribution in [2.75, 3.05) is 25.3 Å². The number of pyridine rings is 1. The van der Waals surface area contributed by atoms with Gasteiger partial charge in [0, 0.05) is 23.9 Å². The molecular formula is C24H22FN3O4S. The number of halogens is 1. The van der Waals surface area contributed by atoms with E-state index in [0.29, 0.717) is 28.4 Å². The first kappa shape index (κ1) is 22.6. The maximum absolute atomic E-state index is 14.8. The van der Waals surface area contributed by atoms with Crippen LogP contribution in [0, 0.1) is 5.82 Å². The lowest BCUT2D eigenvalue weighted by Crippen LogP contribution is -2.27. The molecule has 1 aliphatic heterocycles. The Kier molecular flexibility index (Phi) is 6.79. The molecule has 0 aliphatic carbocycles. The molecule has 0 fully saturated rings. The summed E-state index contributed by atoms with van der Waals surface area (Å²) in [6.07, 6.45) is 1.58. The van der Waals surface area contributed by atoms with Crippen LogP contribution in [0.4, 0.5) is 10.2 Å². The van der Waals surface area contributed by atoms with E-state index >= 15 is 0 Å². The van der Waals surface area contributed by atoms with Crippen LogP contribution in [0.1, 0.15) is 26.9 Å². The molecule has 4 rings (SSSR count). The van der Waals surface area contributed by atoms with E-state index in [4.69, 9.17) is 9.47 Å². The molecule has 2 heterocycles. The number of nitrogens with zero attached hydrogens (tertiary/aromatic N) is 2. The van der Waals surface area contributed by atoms with Gasteiger partial charge >= 0.3 is 0 Å². The van der Waals surface area contributed by atoms with Crippen molar-refractivity contribution in [3.05, 3.63) is 83.3 Å². The number of methoxy groups -OCH3 is 2. The number of thioether (sulfide) groups is 1. The predicted octanol–water partition coefficient (Wildman–Crippen LogP) is 4.26. The summed E-state index contributed by atoms with van der Waals surface area (Å²) in [4.78, 5) is 31.3. The predicted molar refractivity (Wildman–Crippen MR) is 124 cm³/mol. The normalized spacial score (nSPS) is 14.7. The second-order valence-electron chi connectivity index (χ2n) is 7.25. The summed E-state index contributed by atoms with van der Waals surface area (Å²) >= 11 is 1.19. The van der Waals surface area contributed by atoms with E-state index in [1.807, 2.05) is 6.07 Å². The highest BCUT2D eigenvalue weighted by atomic mass is 32.2. The third kappa shape index (κ3) is 4.78. The summed E-state index contributed by atoms with van der Waals surface area (Å²) < 4.78 is 25.4. The summed E-state index contributed by atoms with van der Waals surface area (Å²) in [5, 5.41) is 2.05. The van der Waals surface area contributed by atoms with Crippen LogP contribution < -0.4 is 14.8 Å². The third-order valence-corrected chi connectivity index (χ3v) is 6.41. The molecule has 0 bridgehead atoms. The van der Waals surface area contributed by atoms with Crippen molar-refractivity contribution in [2.45, 2.75) is 11.9 Å². The Morgan fingerprint density at radius 2 is 1.94 bits per heavy atom. The highest BCUT2D eigenvalue weighted by Crippen LogP contribution is 2.44. The lowest BCUT2D eigenvalue weighted by atomic mass is 10.1. The van der Waals surface area contributed by atoms with Gasteiger partial charge < -0.3 is 19.7 Å². The first-order valence-electron chi connectivity index (χ1n) is 10.1. The topological polar surface area (TPSA) is 80.8 Å². The van der Waals surface area contributed by atoms with Gasteiger partial charge in [0.15, 0.2) is 11.5 Å². The van der Waals surface area contributed by atoms with Crippen molar-refractivity contribution in [3.8, 4) is 11.5 Å². The number of nitrogens with one attached hydrogen (secondary N) is 1. The molecule has 0 saturated heterocycles. The maximum atomic E-state index is 14.8. The standard InChI is InChI=1S/C24H22FN3O4S/c1-31-18-10-9-15(12-19(18)32-2)13-28-23(30)16-6-5-7-17(25)22(16)24(28)33-14-21(29)27-20-8-3-4-11-26-20/h3-12,24H,13-14H2,1-2H3,(H,26,27,29). The Morgan fingerprint density at radius 3 is 2.67 bits per heavy atom. The summed E-state index contributed by atoms with van der Waals surface area (Å²) in [6.45, 7) is 0.215. The zero-order chi connectivity index (χ0) is 23.4. The second-order valence-corrected chi connectivity index (χ2v) is 8.32. The molecule has 2 amide bonds. The number of benzene rings is 2. The second kappa shape index (κ2) is 9.91. The van der Waals surface area contributed by atoms with E-state index in [2.05, 4.69) is 10.3 Å². The van der Waals surface area contributed by atoms with Crippen molar-refractivity contribution in [1.29, 1.82) is 0 Å². The SMILES string of the molecule is COc1ccc(CN2C(=O)c3cccc(F)c3C2SCC(=O)Nc2ccccn2)cc1OC. The number of fused-ring (bicyclic) bond motifs is 1. The van der Waals surface area contributed by atoms with E-state index in [1.54, 1.807) is 54.6 Å². The van der Waals surface area contributed by atoms with Gasteiger partial charge in [-0.2, -0.15) is 0 Å². The Balaban J connectivity index is 1.57. The zero-order valence-electron chi connectivity index (χ0n) is 18.1. The maximum Gasteiger partial charge on any atom is 0.255 e. The summed E-state index contributed by atoms with van der Waals surface area (Å²) in [6, 6.07) is 15.0. The number of aromatic nitrogens is 1. The lowest BCUT2D eigenvalue weighted by molar-refractivity contribution is -0.113. The molecule has 3 aromatic rings. The minimum Gasteiger partial charge on any atom is -0.493 e. The van der Waals surface area contributed by atoms with Crippen molar-refractivity contribution < 1.29 is 23.5 Å². The number of carbonyl (C=O) groups is 2. The van der Waals surface area contributed by atoms with Crippen molar-refractivity contribution in [2.24, 2.45) is 0 Å². The molecule has 7 nitrogen and oxygen atoms in total. The highest BCUT2D eigenvalue weighted by molar-refractivity contribution is 8.00. The first-order chi connectivity index (χ1) is 16.0. The number of hydrogen-bond acceptors (Lipinski definition) is 6. The van der Waals surface area contributed by atoms with Crippen LogP contribution in [-0.4, -0.2) is 41.7 Å². The molecule has 9 heteroatoms. The van der Waals surface area contributed by atoms with Crippen LogP contribution >= 0.6 is 11.8 Å². The average molecular weight is 468 g/mol. The number of anilines is 1. The molecule has 1 atom stereocenters. The zero-order valence-corrected chi connectivity index (χ0v) is 18.9. The number of rotatable bonds is 8. The summed E-state index contributed by atoms with van der Waals surface area (Å²) in [5.74, 6) is 0.497. The molecule has 170 valence electrons. The minimum absolute atomic E-state index is 0.0186. The van der Waals surface area contributed by atoms with E-state index < -0.39 is 11.2 Å². The van der Waals surface area contributed by atoms with Crippen LogP contribution in [-0.2, 0) is 11.3 Å². The van der Waals surface area contributed by atoms with Crippen molar-refractivity contribution in [3.63, 3.8) is 0 Å². The molecule has 0 saturated carbocycles. The molecule has 33 heavy (non-hydrogen) atoms. The third-order valence-electron chi connectivity index (χ3n) is 5.18. The molecule has 1 N–H and O–H groups in total. The van der Waals surface area contributed by atoms with Crippen LogP contribution in [0.15, 0.2) is 60.8 Å². The molecule has 0 radical (unpaired) electrons. The lowest BCUT2D eigenvalue weighted by Gasteiger charge is -2.25. The minimum atomic E-state index is -0.656. The van der Waals surface area contributed by atoms with Crippen LogP contribution in [0.2, 0.25) is 0 Å². The van der Waals surface area contributed by atoms with Gasteiger partial charge in [-0.05, 0) is 42.0 Å². The molecule has 1 aliphatic rings. The van der Waals surface area contributed by atoms with Crippen LogP contribution in [0.5, 0.6) is 11.5 Å². The Hall–Kier alpha value is -3.59. The fourth-order valence-corrected chi connectivity index (χ4v) is 4.80. The van der Waals surface area contributed by atoms with E-state index in [0.717, 1.165) is 5.56 Å². The fraction of sp³-hybridized carbons (Fsp3) is 0.208. The summed E-state index contributed by atoms with van der Waals surface area (Å²) in [7, 11) is 3.08. The first-order valence-corrected chi connectivity index (χ1v) is 11.2. The van der Waals surface area contributed by atoms with Gasteiger partial charge in [0.2, 0.25) is 5.91 Å². The molecular weight excluding hydrogens is 445 g/mol. The smallest absolute Gasteiger partial charge is 0.255 e. The van der Waals surface area contributed by atoms with Crippen molar-refractivity contribution >= 4 is 29.4 Å². The van der Waals surface area contributed by atoms with E-state index in [1.165, 1.54) is 31.0 Å². The van der Waals surface area contributed by atoms with Gasteiger partial charge in [-0.15, -0.1) is 11.8 Å². The summed E-state index contributed by atoms with van der Waals surface area (Å²) in [5.41, 5.74) is 1.38. The van der Waals surface area contributed by atoms with Gasteiger partial charge in [0.25, 0.3) is 5.91 Å². The van der Waals surface area contributed by atoms with Gasteiger partial charge in [-0.25, -0.2) is 9.37 Å². The quantitative estimate of drug-likeness (QED) is 0.533. The van der Waals surface area contributed by atoms with Gasteiger partial charge in [0.05, 0.1) is 20.0 Å². The number of ether oxygens (including phenoxy) is 2. The fourth-order valence-electron chi connectivity index (χ4n) is 3.67. The van der Waals surface area contributed by atoms with E-state index in [-0.39, 0.29) is 24.1 Å². The van der Waals surface area contributed by atoms with Gasteiger partial charge in [0.1, 0.15) is 17.0 Å². The van der Waals surface area contributed by atoms with Gasteiger partial charge in [-0.3, -0.25) is 9.59 Å². The monoisotopic (exact) mass is 467 g/mol. The largest absolute Gasteiger partial charge is 0.493 e. The Labute approximate surface area is 194 Å². The Morgan fingerprint density at radius 1 is 1.12 bits per heavy atom. The molecule has 1 unspecified atom stereocenters. The number of amides is 2. The van der Waals surface area contributed by atoms with Crippen LogP contribution in [0.3, 0.4) is 0 Å². The number of hydrogen-bond donors (Lipinski definition) is 1. The Bertz CT molecular complexity index is 1180. The average Bonchev–Trinajstić information content (AvgIpc) is 3.10. The van der Waals surface area contributed by atoms with Crippen LogP contribution in [0.25, 0.3) is 0 Å². The molecule has 2 aromatic carbocycles. The molecule has 1 aromatic heterocycles. The van der Waals surface area contributed by atoms with Gasteiger partial charge in [-0.1, -0.05) is 18.2 Å². The van der Waals surface area contributed by atoms with Crippen molar-refractivity contribution in [1.82, 2.24) is 9.88 Å². The van der Waals surface area contributed by atoms with E-state index in [9.17, 15) is 14.0 Å². The number of carbonyl (C=O) groups excluding carboxylic acids is 2. The highest BCUT2D eigenvalue weighted by Gasteiger charge is 2.39. The molecule has 0 spiro atoms.